The number of ketones is 2. The molecule has 0 heterocycles. The van der Waals surface area contributed by atoms with Gasteiger partial charge in [0.05, 0.1) is 0 Å². The summed E-state index contributed by atoms with van der Waals surface area (Å²) in [6, 6.07) is 9.41. The maximum absolute atomic E-state index is 11.7. The highest BCUT2D eigenvalue weighted by atomic mass is 16.2. The van der Waals surface area contributed by atoms with Crippen LogP contribution in [-0.2, 0) is 9.59 Å². The number of Topliss-reactive ketones (excluding diaryl/α,β-unsaturated/α-hetero) is 2. The minimum atomic E-state index is -0.315. The molecule has 0 spiro atoms. The number of carbonyl (C=O) groups is 2. The Labute approximate surface area is 90.3 Å². The van der Waals surface area contributed by atoms with Crippen LogP contribution in [0, 0.1) is 0 Å². The summed E-state index contributed by atoms with van der Waals surface area (Å²) in [7, 11) is 0. The molecule has 0 aliphatic carbocycles. The Hall–Kier alpha value is -1.44. The van der Waals surface area contributed by atoms with Gasteiger partial charge in [0, 0.05) is 12.3 Å². The van der Waals surface area contributed by atoms with Gasteiger partial charge < -0.3 is 0 Å². The third-order valence-corrected chi connectivity index (χ3v) is 2.44. The van der Waals surface area contributed by atoms with Crippen molar-refractivity contribution in [2.75, 3.05) is 0 Å². The third-order valence-electron chi connectivity index (χ3n) is 2.44. The van der Waals surface area contributed by atoms with Gasteiger partial charge in [0.2, 0.25) is 5.78 Å². The molecule has 15 heavy (non-hydrogen) atoms. The standard InChI is InChI=1S/C13H16O2/c1-3-7-12(14)13(15)10(2)11-8-5-4-6-9-11/h4-6,8-10H,3,7H2,1-2H3. The molecular formula is C13H16O2. The maximum Gasteiger partial charge on any atom is 0.205 e. The molecule has 0 saturated heterocycles. The normalized spacial score (nSPS) is 12.1. The van der Waals surface area contributed by atoms with Gasteiger partial charge in [0.25, 0.3) is 0 Å². The zero-order valence-corrected chi connectivity index (χ0v) is 9.19. The van der Waals surface area contributed by atoms with Crippen LogP contribution in [0.1, 0.15) is 38.2 Å². The molecule has 0 N–H and O–H groups in total. The number of carbonyl (C=O) groups excluding carboxylic acids is 2. The molecule has 0 aliphatic rings. The van der Waals surface area contributed by atoms with Crippen LogP contribution in [0.15, 0.2) is 30.3 Å². The summed E-state index contributed by atoms with van der Waals surface area (Å²) in [5.41, 5.74) is 0.909. The Kier molecular flexibility index (Phi) is 4.22. The first-order valence-electron chi connectivity index (χ1n) is 5.28. The lowest BCUT2D eigenvalue weighted by Crippen LogP contribution is -2.19. The highest BCUT2D eigenvalue weighted by molar-refractivity contribution is 6.39. The lowest BCUT2D eigenvalue weighted by atomic mass is 9.93. The topological polar surface area (TPSA) is 34.1 Å². The fourth-order valence-electron chi connectivity index (χ4n) is 1.48. The minimum Gasteiger partial charge on any atom is -0.291 e. The summed E-state index contributed by atoms with van der Waals surface area (Å²) in [5.74, 6) is -0.845. The predicted octanol–water partition coefficient (Wildman–Crippen LogP) is 2.73. The van der Waals surface area contributed by atoms with Crippen molar-refractivity contribution in [1.82, 2.24) is 0 Å². The van der Waals surface area contributed by atoms with Crippen LogP contribution in [0.3, 0.4) is 0 Å². The van der Waals surface area contributed by atoms with Crippen molar-refractivity contribution in [1.29, 1.82) is 0 Å². The van der Waals surface area contributed by atoms with E-state index in [0.717, 1.165) is 12.0 Å². The van der Waals surface area contributed by atoms with Crippen molar-refractivity contribution >= 4 is 11.6 Å². The molecule has 1 aromatic carbocycles. The van der Waals surface area contributed by atoms with Crippen LogP contribution < -0.4 is 0 Å². The molecule has 1 aromatic rings. The van der Waals surface area contributed by atoms with E-state index >= 15 is 0 Å². The van der Waals surface area contributed by atoms with Gasteiger partial charge in [-0.05, 0) is 12.0 Å². The molecule has 0 amide bonds. The second kappa shape index (κ2) is 5.44. The largest absolute Gasteiger partial charge is 0.291 e. The fourth-order valence-corrected chi connectivity index (χ4v) is 1.48. The van der Waals surface area contributed by atoms with E-state index < -0.39 is 0 Å². The Bertz CT molecular complexity index is 341. The molecule has 1 rings (SSSR count). The fraction of sp³-hybridized carbons (Fsp3) is 0.385. The van der Waals surface area contributed by atoms with Crippen molar-refractivity contribution in [3.8, 4) is 0 Å². The summed E-state index contributed by atoms with van der Waals surface area (Å²) in [6.45, 7) is 3.68. The first-order valence-corrected chi connectivity index (χ1v) is 5.28. The van der Waals surface area contributed by atoms with E-state index in [1.54, 1.807) is 6.92 Å². The molecular weight excluding hydrogens is 188 g/mol. The molecule has 2 nitrogen and oxygen atoms in total. The van der Waals surface area contributed by atoms with Gasteiger partial charge >= 0.3 is 0 Å². The second-order valence-electron chi connectivity index (χ2n) is 3.67. The van der Waals surface area contributed by atoms with Crippen LogP contribution in [-0.4, -0.2) is 11.6 Å². The SMILES string of the molecule is CCCC(=O)C(=O)C(C)c1ccccc1. The Morgan fingerprint density at radius 1 is 1.20 bits per heavy atom. The Balaban J connectivity index is 2.73. The number of hydrogen-bond acceptors (Lipinski definition) is 2. The molecule has 1 atom stereocenters. The van der Waals surface area contributed by atoms with Crippen molar-refractivity contribution in [2.45, 2.75) is 32.6 Å². The van der Waals surface area contributed by atoms with E-state index in [9.17, 15) is 9.59 Å². The zero-order chi connectivity index (χ0) is 11.3. The average Bonchev–Trinajstić information content (AvgIpc) is 2.28. The molecule has 80 valence electrons. The minimum absolute atomic E-state index is 0.256. The zero-order valence-electron chi connectivity index (χ0n) is 9.19. The van der Waals surface area contributed by atoms with Crippen LogP contribution in [0.5, 0.6) is 0 Å². The van der Waals surface area contributed by atoms with Crippen LogP contribution in [0.25, 0.3) is 0 Å². The number of rotatable bonds is 5. The van der Waals surface area contributed by atoms with E-state index in [2.05, 4.69) is 0 Å². The lowest BCUT2D eigenvalue weighted by molar-refractivity contribution is -0.137. The van der Waals surface area contributed by atoms with Gasteiger partial charge in [0.1, 0.15) is 0 Å². The molecule has 0 fully saturated rings. The van der Waals surface area contributed by atoms with Gasteiger partial charge in [-0.25, -0.2) is 0 Å². The van der Waals surface area contributed by atoms with Crippen molar-refractivity contribution in [3.63, 3.8) is 0 Å². The quantitative estimate of drug-likeness (QED) is 0.691. The van der Waals surface area contributed by atoms with Crippen molar-refractivity contribution in [2.24, 2.45) is 0 Å². The number of hydrogen-bond donors (Lipinski definition) is 0. The average molecular weight is 204 g/mol. The van der Waals surface area contributed by atoms with Gasteiger partial charge in [-0.2, -0.15) is 0 Å². The maximum atomic E-state index is 11.7. The molecule has 0 aromatic heterocycles. The van der Waals surface area contributed by atoms with Crippen molar-refractivity contribution < 1.29 is 9.59 Å². The lowest BCUT2D eigenvalue weighted by Gasteiger charge is -2.09. The highest BCUT2D eigenvalue weighted by Crippen LogP contribution is 2.16. The van der Waals surface area contributed by atoms with E-state index in [0.29, 0.717) is 6.42 Å². The molecule has 0 saturated carbocycles. The van der Waals surface area contributed by atoms with E-state index in [1.165, 1.54) is 0 Å². The van der Waals surface area contributed by atoms with Gasteiger partial charge in [-0.3, -0.25) is 9.59 Å². The molecule has 2 heteroatoms. The Morgan fingerprint density at radius 2 is 1.80 bits per heavy atom. The number of benzene rings is 1. The van der Waals surface area contributed by atoms with Gasteiger partial charge in [0.15, 0.2) is 5.78 Å². The second-order valence-corrected chi connectivity index (χ2v) is 3.67. The molecule has 0 radical (unpaired) electrons. The van der Waals surface area contributed by atoms with E-state index in [4.69, 9.17) is 0 Å². The smallest absolute Gasteiger partial charge is 0.205 e. The highest BCUT2D eigenvalue weighted by Gasteiger charge is 2.21. The van der Waals surface area contributed by atoms with Crippen LogP contribution in [0.4, 0.5) is 0 Å². The summed E-state index contributed by atoms with van der Waals surface area (Å²) >= 11 is 0. The molecule has 0 bridgehead atoms. The monoisotopic (exact) mass is 204 g/mol. The molecule has 1 unspecified atom stereocenters. The predicted molar refractivity (Wildman–Crippen MR) is 59.8 cm³/mol. The Morgan fingerprint density at radius 3 is 2.33 bits per heavy atom. The first kappa shape index (κ1) is 11.6. The van der Waals surface area contributed by atoms with E-state index in [-0.39, 0.29) is 17.5 Å². The molecule has 0 aliphatic heterocycles. The summed E-state index contributed by atoms with van der Waals surface area (Å²) in [4.78, 5) is 23.1. The summed E-state index contributed by atoms with van der Waals surface area (Å²) in [5, 5.41) is 0. The van der Waals surface area contributed by atoms with Crippen LogP contribution in [0.2, 0.25) is 0 Å². The third kappa shape index (κ3) is 3.01. The van der Waals surface area contributed by atoms with Gasteiger partial charge in [-0.1, -0.05) is 44.2 Å². The summed E-state index contributed by atoms with van der Waals surface area (Å²) in [6.07, 6.45) is 1.09. The first-order chi connectivity index (χ1) is 7.16. The van der Waals surface area contributed by atoms with E-state index in [1.807, 2.05) is 37.3 Å². The van der Waals surface area contributed by atoms with Crippen LogP contribution >= 0.6 is 0 Å². The van der Waals surface area contributed by atoms with Crippen molar-refractivity contribution in [3.05, 3.63) is 35.9 Å². The summed E-state index contributed by atoms with van der Waals surface area (Å²) < 4.78 is 0. The van der Waals surface area contributed by atoms with Gasteiger partial charge in [-0.15, -0.1) is 0 Å².